The molecule has 3 N–H and O–H groups in total. The first-order chi connectivity index (χ1) is 9.11. The van der Waals surface area contributed by atoms with Gasteiger partial charge in [0.15, 0.2) is 5.76 Å². The number of hydrogen-bond acceptors (Lipinski definition) is 4. The van der Waals surface area contributed by atoms with Crippen LogP contribution in [0.5, 0.6) is 0 Å². The number of nitrogens with two attached hydrogens (primary N) is 1. The molecule has 0 saturated carbocycles. The number of hydrogen-bond donors (Lipinski definition) is 2. The van der Waals surface area contributed by atoms with Gasteiger partial charge in [0.05, 0.1) is 6.26 Å². The van der Waals surface area contributed by atoms with Crippen LogP contribution in [0.2, 0.25) is 0 Å². The monoisotopic (exact) mass is 263 g/mol. The molecule has 0 unspecified atom stereocenters. The van der Waals surface area contributed by atoms with Crippen molar-refractivity contribution in [3.63, 3.8) is 0 Å². The number of carbonyl (C=O) groups excluding carboxylic acids is 1. The Bertz CT molecular complexity index is 566. The maximum atomic E-state index is 12.8. The highest BCUT2D eigenvalue weighted by atomic mass is 19.1. The summed E-state index contributed by atoms with van der Waals surface area (Å²) in [4.78, 5) is 13.3. The lowest BCUT2D eigenvalue weighted by Gasteiger charge is -2.18. The number of nitrogens with zero attached hydrogens (tertiary/aromatic N) is 1. The van der Waals surface area contributed by atoms with Crippen molar-refractivity contribution >= 4 is 11.6 Å². The van der Waals surface area contributed by atoms with Gasteiger partial charge in [-0.3, -0.25) is 10.2 Å². The average molecular weight is 263 g/mol. The zero-order valence-electron chi connectivity index (χ0n) is 10.4. The Balaban J connectivity index is 2.15. The molecule has 0 aliphatic rings. The highest BCUT2D eigenvalue weighted by molar-refractivity contribution is 5.92. The zero-order chi connectivity index (χ0) is 13.8. The van der Waals surface area contributed by atoms with Crippen LogP contribution < -0.4 is 16.2 Å². The van der Waals surface area contributed by atoms with Crippen molar-refractivity contribution in [3.05, 3.63) is 53.7 Å². The molecular formula is C13H14FN3O2. The standard InChI is InChI=1S/C13H14FN3O2/c1-17(11-4-2-10(14)3-5-11)8-9-6-7-19-12(9)13(18)16-15/h2-7H,8,15H2,1H3,(H,16,18). The number of rotatable bonds is 4. The van der Waals surface area contributed by atoms with Crippen LogP contribution in [0.3, 0.4) is 0 Å². The minimum absolute atomic E-state index is 0.177. The summed E-state index contributed by atoms with van der Waals surface area (Å²) in [7, 11) is 1.84. The first-order valence-electron chi connectivity index (χ1n) is 5.66. The molecule has 2 aromatic rings. The van der Waals surface area contributed by atoms with E-state index >= 15 is 0 Å². The third-order valence-electron chi connectivity index (χ3n) is 2.76. The molecule has 0 spiro atoms. The Morgan fingerprint density at radius 2 is 2.05 bits per heavy atom. The Morgan fingerprint density at radius 1 is 1.37 bits per heavy atom. The SMILES string of the molecule is CN(Cc1ccoc1C(=O)NN)c1ccc(F)cc1. The quantitative estimate of drug-likeness (QED) is 0.500. The fraction of sp³-hybridized carbons (Fsp3) is 0.154. The Labute approximate surface area is 109 Å². The second-order valence-electron chi connectivity index (χ2n) is 4.08. The third-order valence-corrected chi connectivity index (χ3v) is 2.76. The number of nitrogens with one attached hydrogen (secondary N) is 1. The van der Waals surface area contributed by atoms with Gasteiger partial charge in [-0.25, -0.2) is 10.2 Å². The van der Waals surface area contributed by atoms with Crippen molar-refractivity contribution in [2.75, 3.05) is 11.9 Å². The fourth-order valence-electron chi connectivity index (χ4n) is 1.77. The van der Waals surface area contributed by atoms with Crippen molar-refractivity contribution < 1.29 is 13.6 Å². The van der Waals surface area contributed by atoms with Crippen LogP contribution in [0.1, 0.15) is 16.1 Å². The van der Waals surface area contributed by atoms with Gasteiger partial charge in [-0.1, -0.05) is 0 Å². The summed E-state index contributed by atoms with van der Waals surface area (Å²) in [5.41, 5.74) is 3.57. The Hall–Kier alpha value is -2.34. The maximum Gasteiger partial charge on any atom is 0.301 e. The smallest absolute Gasteiger partial charge is 0.301 e. The molecular weight excluding hydrogens is 249 g/mol. The van der Waals surface area contributed by atoms with E-state index in [-0.39, 0.29) is 11.6 Å². The molecule has 1 aromatic heterocycles. The molecule has 0 saturated heterocycles. The lowest BCUT2D eigenvalue weighted by molar-refractivity contribution is 0.0924. The van der Waals surface area contributed by atoms with E-state index in [4.69, 9.17) is 10.3 Å². The average Bonchev–Trinajstić information content (AvgIpc) is 2.86. The zero-order valence-corrected chi connectivity index (χ0v) is 10.4. The van der Waals surface area contributed by atoms with Crippen LogP contribution in [0, 0.1) is 5.82 Å². The van der Waals surface area contributed by atoms with E-state index in [1.165, 1.54) is 18.4 Å². The number of amides is 1. The highest BCUT2D eigenvalue weighted by Gasteiger charge is 2.15. The van der Waals surface area contributed by atoms with E-state index in [9.17, 15) is 9.18 Å². The Kier molecular flexibility index (Phi) is 3.82. The molecule has 1 amide bonds. The van der Waals surface area contributed by atoms with Gasteiger partial charge in [0.25, 0.3) is 0 Å². The number of anilines is 1. The van der Waals surface area contributed by atoms with Gasteiger partial charge < -0.3 is 9.32 Å². The second kappa shape index (κ2) is 5.53. The van der Waals surface area contributed by atoms with E-state index in [1.54, 1.807) is 18.2 Å². The molecule has 5 nitrogen and oxygen atoms in total. The van der Waals surface area contributed by atoms with Gasteiger partial charge in [0.2, 0.25) is 0 Å². The number of hydrazine groups is 1. The minimum atomic E-state index is -0.479. The summed E-state index contributed by atoms with van der Waals surface area (Å²) < 4.78 is 17.9. The molecule has 2 rings (SSSR count). The largest absolute Gasteiger partial charge is 0.459 e. The highest BCUT2D eigenvalue weighted by Crippen LogP contribution is 2.18. The molecule has 0 fully saturated rings. The number of carbonyl (C=O) groups is 1. The molecule has 6 heteroatoms. The predicted molar refractivity (Wildman–Crippen MR) is 68.9 cm³/mol. The number of benzene rings is 1. The maximum absolute atomic E-state index is 12.8. The van der Waals surface area contributed by atoms with Crippen LogP contribution in [-0.2, 0) is 6.54 Å². The van der Waals surface area contributed by atoms with Crippen LogP contribution in [0.4, 0.5) is 10.1 Å². The normalized spacial score (nSPS) is 10.3. The fourth-order valence-corrected chi connectivity index (χ4v) is 1.77. The van der Waals surface area contributed by atoms with E-state index in [2.05, 4.69) is 0 Å². The first-order valence-corrected chi connectivity index (χ1v) is 5.66. The molecule has 1 heterocycles. The van der Waals surface area contributed by atoms with E-state index in [1.807, 2.05) is 17.4 Å². The van der Waals surface area contributed by atoms with Crippen molar-refractivity contribution in [3.8, 4) is 0 Å². The summed E-state index contributed by atoms with van der Waals surface area (Å²) in [6.45, 7) is 0.449. The van der Waals surface area contributed by atoms with E-state index < -0.39 is 5.91 Å². The molecule has 0 aliphatic heterocycles. The molecule has 19 heavy (non-hydrogen) atoms. The van der Waals surface area contributed by atoms with Gasteiger partial charge in [0, 0.05) is 24.8 Å². The van der Waals surface area contributed by atoms with Gasteiger partial charge in [-0.15, -0.1) is 0 Å². The van der Waals surface area contributed by atoms with Crippen molar-refractivity contribution in [1.82, 2.24) is 5.43 Å². The topological polar surface area (TPSA) is 71.5 Å². The number of furan rings is 1. The van der Waals surface area contributed by atoms with E-state index in [0.717, 1.165) is 5.69 Å². The molecule has 0 aliphatic carbocycles. The molecule has 0 bridgehead atoms. The van der Waals surface area contributed by atoms with Crippen molar-refractivity contribution in [2.45, 2.75) is 6.54 Å². The third kappa shape index (κ3) is 2.92. The van der Waals surface area contributed by atoms with Crippen LogP contribution in [0.15, 0.2) is 41.0 Å². The van der Waals surface area contributed by atoms with E-state index in [0.29, 0.717) is 12.1 Å². The molecule has 1 aromatic carbocycles. The Morgan fingerprint density at radius 3 is 2.68 bits per heavy atom. The van der Waals surface area contributed by atoms with Crippen molar-refractivity contribution in [2.24, 2.45) is 5.84 Å². The summed E-state index contributed by atoms with van der Waals surface area (Å²) in [5, 5.41) is 0. The summed E-state index contributed by atoms with van der Waals surface area (Å²) in [6, 6.07) is 7.80. The molecule has 0 atom stereocenters. The first kappa shape index (κ1) is 13.1. The lowest BCUT2D eigenvalue weighted by Crippen LogP contribution is -2.31. The van der Waals surface area contributed by atoms with Gasteiger partial charge in [-0.2, -0.15) is 0 Å². The van der Waals surface area contributed by atoms with Gasteiger partial charge >= 0.3 is 5.91 Å². The molecule has 0 radical (unpaired) electrons. The minimum Gasteiger partial charge on any atom is -0.459 e. The summed E-state index contributed by atoms with van der Waals surface area (Å²) >= 11 is 0. The van der Waals surface area contributed by atoms with Crippen LogP contribution in [-0.4, -0.2) is 13.0 Å². The van der Waals surface area contributed by atoms with Crippen LogP contribution in [0.25, 0.3) is 0 Å². The van der Waals surface area contributed by atoms with Crippen LogP contribution >= 0.6 is 0 Å². The van der Waals surface area contributed by atoms with Gasteiger partial charge in [0.1, 0.15) is 5.82 Å². The van der Waals surface area contributed by atoms with Gasteiger partial charge in [-0.05, 0) is 30.3 Å². The van der Waals surface area contributed by atoms with Crippen molar-refractivity contribution in [1.29, 1.82) is 0 Å². The second-order valence-corrected chi connectivity index (χ2v) is 4.08. The predicted octanol–water partition coefficient (Wildman–Crippen LogP) is 1.66. The lowest BCUT2D eigenvalue weighted by atomic mass is 10.2. The number of halogens is 1. The number of nitrogen functional groups attached to an aromatic ring is 1. The summed E-state index contributed by atoms with van der Waals surface area (Å²) in [6.07, 6.45) is 1.43. The molecule has 100 valence electrons. The summed E-state index contributed by atoms with van der Waals surface area (Å²) in [5.74, 6) is 4.49.